The van der Waals surface area contributed by atoms with Crippen molar-refractivity contribution in [2.24, 2.45) is 5.73 Å². The lowest BCUT2D eigenvalue weighted by Crippen LogP contribution is -1.96. The largest absolute Gasteiger partial charge is 0.326 e. The Hall–Kier alpha value is -1.35. The van der Waals surface area contributed by atoms with Crippen molar-refractivity contribution in [3.05, 3.63) is 29.5 Å². The van der Waals surface area contributed by atoms with Crippen molar-refractivity contribution in [3.63, 3.8) is 0 Å². The molecule has 0 aliphatic heterocycles. The number of fused-ring (bicyclic) bond motifs is 1. The summed E-state index contributed by atoms with van der Waals surface area (Å²) in [6.07, 6.45) is 5.31. The molecule has 1 saturated carbocycles. The third kappa shape index (κ3) is 1.52. The van der Waals surface area contributed by atoms with E-state index in [-0.39, 0.29) is 0 Å². The van der Waals surface area contributed by atoms with E-state index in [4.69, 9.17) is 5.73 Å². The Morgan fingerprint density at radius 2 is 2.12 bits per heavy atom. The Labute approximate surface area is 95.0 Å². The van der Waals surface area contributed by atoms with Crippen LogP contribution in [-0.4, -0.2) is 10.2 Å². The predicted octanol–water partition coefficient (Wildman–Crippen LogP) is 2.68. The lowest BCUT2D eigenvalue weighted by Gasteiger charge is -2.06. The monoisotopic (exact) mass is 215 g/mol. The standard InChI is InChI=1S/C13H17N3/c14-8-9-5-6-11-12(7-9)15-16-13(11)10-3-1-2-4-10/h5-7,10H,1-4,8,14H2,(H,15,16). The van der Waals surface area contributed by atoms with Gasteiger partial charge in [0.25, 0.3) is 0 Å². The molecule has 2 aromatic rings. The molecule has 1 aliphatic carbocycles. The van der Waals surface area contributed by atoms with Gasteiger partial charge in [-0.15, -0.1) is 0 Å². The van der Waals surface area contributed by atoms with Crippen molar-refractivity contribution in [1.82, 2.24) is 10.2 Å². The minimum atomic E-state index is 0.585. The van der Waals surface area contributed by atoms with E-state index >= 15 is 0 Å². The maximum atomic E-state index is 5.63. The van der Waals surface area contributed by atoms with Crippen molar-refractivity contribution in [2.75, 3.05) is 0 Å². The van der Waals surface area contributed by atoms with Crippen molar-refractivity contribution in [2.45, 2.75) is 38.1 Å². The molecule has 3 heteroatoms. The highest BCUT2D eigenvalue weighted by molar-refractivity contribution is 5.82. The number of aromatic nitrogens is 2. The minimum absolute atomic E-state index is 0.585. The quantitative estimate of drug-likeness (QED) is 0.809. The summed E-state index contributed by atoms with van der Waals surface area (Å²) in [5.74, 6) is 0.689. The van der Waals surface area contributed by atoms with Gasteiger partial charge in [0.15, 0.2) is 0 Å². The van der Waals surface area contributed by atoms with Crippen LogP contribution >= 0.6 is 0 Å². The highest BCUT2D eigenvalue weighted by Crippen LogP contribution is 2.36. The maximum Gasteiger partial charge on any atom is 0.0927 e. The first-order valence-electron chi connectivity index (χ1n) is 6.05. The number of hydrogen-bond donors (Lipinski definition) is 2. The molecule has 1 aromatic carbocycles. The van der Waals surface area contributed by atoms with Crippen LogP contribution in [0.1, 0.15) is 42.9 Å². The molecule has 0 saturated heterocycles. The molecule has 3 nitrogen and oxygen atoms in total. The molecule has 3 N–H and O–H groups in total. The lowest BCUT2D eigenvalue weighted by molar-refractivity contribution is 0.698. The van der Waals surface area contributed by atoms with Gasteiger partial charge in [0.2, 0.25) is 0 Å². The van der Waals surface area contributed by atoms with Crippen LogP contribution in [0.5, 0.6) is 0 Å². The summed E-state index contributed by atoms with van der Waals surface area (Å²) < 4.78 is 0. The molecule has 1 aromatic heterocycles. The van der Waals surface area contributed by atoms with Gasteiger partial charge in [-0.05, 0) is 24.5 Å². The van der Waals surface area contributed by atoms with Crippen molar-refractivity contribution < 1.29 is 0 Å². The maximum absolute atomic E-state index is 5.63. The predicted molar refractivity (Wildman–Crippen MR) is 65.2 cm³/mol. The summed E-state index contributed by atoms with van der Waals surface area (Å²) in [6, 6.07) is 6.36. The summed E-state index contributed by atoms with van der Waals surface area (Å²) in [5, 5.41) is 8.89. The van der Waals surface area contributed by atoms with Crippen molar-refractivity contribution >= 4 is 10.9 Å². The van der Waals surface area contributed by atoms with Crippen LogP contribution in [0.15, 0.2) is 18.2 Å². The summed E-state index contributed by atoms with van der Waals surface area (Å²) >= 11 is 0. The molecule has 0 atom stereocenters. The van der Waals surface area contributed by atoms with Gasteiger partial charge in [-0.25, -0.2) is 0 Å². The van der Waals surface area contributed by atoms with E-state index in [0.717, 1.165) is 11.1 Å². The molecule has 1 heterocycles. The van der Waals surface area contributed by atoms with Crippen LogP contribution in [0.2, 0.25) is 0 Å². The first-order chi connectivity index (χ1) is 7.88. The molecule has 3 rings (SSSR count). The van der Waals surface area contributed by atoms with Crippen LogP contribution in [0.3, 0.4) is 0 Å². The number of nitrogens with two attached hydrogens (primary N) is 1. The van der Waals surface area contributed by atoms with Gasteiger partial charge >= 0.3 is 0 Å². The molecule has 0 unspecified atom stereocenters. The Bertz CT molecular complexity index is 495. The van der Waals surface area contributed by atoms with E-state index < -0.39 is 0 Å². The smallest absolute Gasteiger partial charge is 0.0927 e. The first-order valence-corrected chi connectivity index (χ1v) is 6.05. The number of hydrogen-bond acceptors (Lipinski definition) is 2. The van der Waals surface area contributed by atoms with Gasteiger partial charge in [0.05, 0.1) is 5.52 Å². The minimum Gasteiger partial charge on any atom is -0.326 e. The third-order valence-corrected chi connectivity index (χ3v) is 3.65. The lowest BCUT2D eigenvalue weighted by atomic mass is 10.00. The van der Waals surface area contributed by atoms with Crippen LogP contribution in [0.4, 0.5) is 0 Å². The van der Waals surface area contributed by atoms with E-state index in [0.29, 0.717) is 12.5 Å². The summed E-state index contributed by atoms with van der Waals surface area (Å²) in [5.41, 5.74) is 9.17. The highest BCUT2D eigenvalue weighted by atomic mass is 15.1. The number of rotatable bonds is 2. The molecule has 16 heavy (non-hydrogen) atoms. The molecular weight excluding hydrogens is 198 g/mol. The van der Waals surface area contributed by atoms with E-state index in [2.05, 4.69) is 28.4 Å². The molecule has 1 fully saturated rings. The SMILES string of the molecule is NCc1ccc2c(C3CCCC3)[nH]nc2c1. The van der Waals surface area contributed by atoms with E-state index in [1.165, 1.54) is 36.8 Å². The van der Waals surface area contributed by atoms with Gasteiger partial charge in [0, 0.05) is 23.5 Å². The van der Waals surface area contributed by atoms with E-state index in [1.54, 1.807) is 0 Å². The van der Waals surface area contributed by atoms with Gasteiger partial charge in [0.1, 0.15) is 0 Å². The Kier molecular flexibility index (Phi) is 2.40. The Balaban J connectivity index is 2.06. The van der Waals surface area contributed by atoms with Crippen LogP contribution in [0, 0.1) is 0 Å². The zero-order chi connectivity index (χ0) is 11.0. The number of aromatic amines is 1. The Morgan fingerprint density at radius 3 is 2.88 bits per heavy atom. The molecule has 1 aliphatic rings. The van der Waals surface area contributed by atoms with Gasteiger partial charge in [-0.2, -0.15) is 5.10 Å². The van der Waals surface area contributed by atoms with Gasteiger partial charge in [-0.3, -0.25) is 5.10 Å². The molecule has 0 radical (unpaired) electrons. The average Bonchev–Trinajstić information content (AvgIpc) is 2.96. The molecule has 0 spiro atoms. The molecule has 84 valence electrons. The fraction of sp³-hybridized carbons (Fsp3) is 0.462. The van der Waals surface area contributed by atoms with Gasteiger partial charge in [-0.1, -0.05) is 25.0 Å². The second-order valence-corrected chi connectivity index (χ2v) is 4.67. The molecule has 0 bridgehead atoms. The summed E-state index contributed by atoms with van der Waals surface area (Å²) in [6.45, 7) is 0.585. The molecule has 0 amide bonds. The second-order valence-electron chi connectivity index (χ2n) is 4.67. The van der Waals surface area contributed by atoms with Crippen molar-refractivity contribution in [3.8, 4) is 0 Å². The number of nitrogens with zero attached hydrogens (tertiary/aromatic N) is 1. The number of H-pyrrole nitrogens is 1. The fourth-order valence-corrected chi connectivity index (χ4v) is 2.73. The number of nitrogens with one attached hydrogen (secondary N) is 1. The van der Waals surface area contributed by atoms with Crippen LogP contribution < -0.4 is 5.73 Å². The van der Waals surface area contributed by atoms with E-state index in [9.17, 15) is 0 Å². The first kappa shape index (κ1) is 9.85. The number of benzene rings is 1. The third-order valence-electron chi connectivity index (χ3n) is 3.65. The zero-order valence-corrected chi connectivity index (χ0v) is 9.37. The fourth-order valence-electron chi connectivity index (χ4n) is 2.73. The summed E-state index contributed by atoms with van der Waals surface area (Å²) in [4.78, 5) is 0. The zero-order valence-electron chi connectivity index (χ0n) is 9.37. The van der Waals surface area contributed by atoms with Crippen LogP contribution in [0.25, 0.3) is 10.9 Å². The second kappa shape index (κ2) is 3.91. The average molecular weight is 215 g/mol. The Morgan fingerprint density at radius 1 is 1.31 bits per heavy atom. The molecular formula is C13H17N3. The topological polar surface area (TPSA) is 54.7 Å². The van der Waals surface area contributed by atoms with E-state index in [1.807, 2.05) is 0 Å². The van der Waals surface area contributed by atoms with Crippen molar-refractivity contribution in [1.29, 1.82) is 0 Å². The van der Waals surface area contributed by atoms with Crippen LogP contribution in [-0.2, 0) is 6.54 Å². The van der Waals surface area contributed by atoms with Gasteiger partial charge < -0.3 is 5.73 Å². The normalized spacial score (nSPS) is 17.3. The summed E-state index contributed by atoms with van der Waals surface area (Å²) in [7, 11) is 0. The highest BCUT2D eigenvalue weighted by Gasteiger charge is 2.20.